The number of amides is 1. The van der Waals surface area contributed by atoms with Gasteiger partial charge in [-0.15, -0.1) is 36.2 Å². The Morgan fingerprint density at radius 1 is 1.33 bits per heavy atom. The Kier molecular flexibility index (Phi) is 8.67. The molecule has 3 rings (SSSR count). The number of hydrogen-bond donors (Lipinski definition) is 1. The van der Waals surface area contributed by atoms with Crippen LogP contribution >= 0.6 is 52.1 Å². The Hall–Kier alpha value is -0.660. The highest BCUT2D eigenvalue weighted by molar-refractivity contribution is 9.10. The van der Waals surface area contributed by atoms with Gasteiger partial charge in [0.05, 0.1) is 12.1 Å². The molecular weight excluding hydrogens is 433 g/mol. The van der Waals surface area contributed by atoms with Gasteiger partial charge < -0.3 is 10.6 Å². The summed E-state index contributed by atoms with van der Waals surface area (Å²) < 4.78 is 1.03. The van der Waals surface area contributed by atoms with E-state index in [9.17, 15) is 4.79 Å². The summed E-state index contributed by atoms with van der Waals surface area (Å²) in [5.74, 6) is 0.151. The maximum Gasteiger partial charge on any atom is 0.228 e. The molecule has 1 fully saturated rings. The number of halogens is 3. The van der Waals surface area contributed by atoms with Crippen LogP contribution in [0.2, 0.25) is 0 Å². The highest BCUT2D eigenvalue weighted by atomic mass is 79.9. The fraction of sp³-hybridized carbons (Fsp3) is 0.375. The van der Waals surface area contributed by atoms with Gasteiger partial charge in [-0.25, -0.2) is 4.98 Å². The van der Waals surface area contributed by atoms with E-state index in [0.29, 0.717) is 6.42 Å². The molecule has 1 aliphatic rings. The predicted molar refractivity (Wildman–Crippen MR) is 107 cm³/mol. The van der Waals surface area contributed by atoms with Crippen LogP contribution in [0.15, 0.2) is 34.1 Å². The molecule has 2 aromatic rings. The van der Waals surface area contributed by atoms with Crippen LogP contribution in [-0.4, -0.2) is 34.9 Å². The van der Waals surface area contributed by atoms with Crippen molar-refractivity contribution >= 4 is 58.0 Å². The standard InChI is InChI=1S/C16H18BrN3OS.2ClH/c17-12-3-1-2-11(8-12)16-19-14(10-22-16)9-15(21)20-6-4-13(18)5-7-20;;/h1-3,8,10,13H,4-7,9,18H2;2*1H. The number of carbonyl (C=O) groups is 1. The summed E-state index contributed by atoms with van der Waals surface area (Å²) in [4.78, 5) is 18.8. The average molecular weight is 453 g/mol. The molecule has 0 atom stereocenters. The van der Waals surface area contributed by atoms with Gasteiger partial charge in [0.1, 0.15) is 5.01 Å². The summed E-state index contributed by atoms with van der Waals surface area (Å²) in [5.41, 5.74) is 7.80. The van der Waals surface area contributed by atoms with Gasteiger partial charge >= 0.3 is 0 Å². The first-order valence-electron chi connectivity index (χ1n) is 7.35. The Morgan fingerprint density at radius 3 is 2.71 bits per heavy atom. The maximum absolute atomic E-state index is 12.3. The number of carbonyl (C=O) groups excluding carboxylic acids is 1. The molecule has 1 saturated heterocycles. The van der Waals surface area contributed by atoms with Gasteiger partial charge in [-0.3, -0.25) is 4.79 Å². The molecule has 4 nitrogen and oxygen atoms in total. The van der Waals surface area contributed by atoms with Crippen molar-refractivity contribution in [1.29, 1.82) is 0 Å². The van der Waals surface area contributed by atoms with Crippen LogP contribution in [0, 0.1) is 0 Å². The van der Waals surface area contributed by atoms with E-state index in [1.54, 1.807) is 11.3 Å². The van der Waals surface area contributed by atoms with Gasteiger partial charge in [0.25, 0.3) is 0 Å². The number of rotatable bonds is 3. The van der Waals surface area contributed by atoms with Crippen molar-refractivity contribution in [3.05, 3.63) is 39.8 Å². The second kappa shape index (κ2) is 9.73. The zero-order valence-corrected chi connectivity index (χ0v) is 17.0. The Labute approximate surface area is 166 Å². The maximum atomic E-state index is 12.3. The first-order chi connectivity index (χ1) is 10.6. The third kappa shape index (κ3) is 5.43. The van der Waals surface area contributed by atoms with Gasteiger partial charge in [-0.05, 0) is 25.0 Å². The predicted octanol–water partition coefficient (Wildman–Crippen LogP) is 3.91. The molecule has 0 bridgehead atoms. The Bertz CT molecular complexity index is 675. The molecule has 0 spiro atoms. The summed E-state index contributed by atoms with van der Waals surface area (Å²) >= 11 is 5.05. The van der Waals surface area contributed by atoms with Crippen molar-refractivity contribution in [3.8, 4) is 10.6 Å². The van der Waals surface area contributed by atoms with E-state index >= 15 is 0 Å². The number of benzene rings is 1. The molecule has 2 N–H and O–H groups in total. The fourth-order valence-electron chi connectivity index (χ4n) is 2.56. The minimum atomic E-state index is 0. The first-order valence-corrected chi connectivity index (χ1v) is 9.03. The van der Waals surface area contributed by atoms with E-state index in [2.05, 4.69) is 20.9 Å². The zero-order chi connectivity index (χ0) is 15.5. The van der Waals surface area contributed by atoms with Crippen molar-refractivity contribution in [2.24, 2.45) is 5.73 Å². The fourth-order valence-corrected chi connectivity index (χ4v) is 3.77. The van der Waals surface area contributed by atoms with Crippen molar-refractivity contribution in [2.75, 3.05) is 13.1 Å². The van der Waals surface area contributed by atoms with Crippen molar-refractivity contribution in [2.45, 2.75) is 25.3 Å². The number of hydrogen-bond acceptors (Lipinski definition) is 4. The lowest BCUT2D eigenvalue weighted by Gasteiger charge is -2.30. The molecule has 24 heavy (non-hydrogen) atoms. The lowest BCUT2D eigenvalue weighted by Crippen LogP contribution is -2.43. The monoisotopic (exact) mass is 451 g/mol. The SMILES string of the molecule is Cl.Cl.NC1CCN(C(=O)Cc2csc(-c3cccc(Br)c3)n2)CC1. The molecule has 0 radical (unpaired) electrons. The van der Waals surface area contributed by atoms with Crippen molar-refractivity contribution < 1.29 is 4.79 Å². The molecular formula is C16H20BrCl2N3OS. The number of aromatic nitrogens is 1. The van der Waals surface area contributed by atoms with Gasteiger partial charge in [0, 0.05) is 34.5 Å². The van der Waals surface area contributed by atoms with Crippen molar-refractivity contribution in [1.82, 2.24) is 9.88 Å². The third-order valence-corrected chi connectivity index (χ3v) is 5.28. The first kappa shape index (κ1) is 21.4. The highest BCUT2D eigenvalue weighted by Crippen LogP contribution is 2.26. The van der Waals surface area contributed by atoms with Crippen molar-refractivity contribution in [3.63, 3.8) is 0 Å². The van der Waals surface area contributed by atoms with Crippen LogP contribution in [0.25, 0.3) is 10.6 Å². The largest absolute Gasteiger partial charge is 0.342 e. The van der Waals surface area contributed by atoms with Crippen LogP contribution in [0.1, 0.15) is 18.5 Å². The lowest BCUT2D eigenvalue weighted by molar-refractivity contribution is -0.131. The van der Waals surface area contributed by atoms with E-state index in [1.807, 2.05) is 34.5 Å². The van der Waals surface area contributed by atoms with Gasteiger partial charge in [-0.2, -0.15) is 0 Å². The third-order valence-electron chi connectivity index (χ3n) is 3.85. The number of nitrogens with two attached hydrogens (primary N) is 1. The van der Waals surface area contributed by atoms with Crippen LogP contribution < -0.4 is 5.73 Å². The number of thiazole rings is 1. The zero-order valence-electron chi connectivity index (χ0n) is 13.0. The van der Waals surface area contributed by atoms with E-state index in [4.69, 9.17) is 5.73 Å². The Morgan fingerprint density at radius 2 is 2.04 bits per heavy atom. The quantitative estimate of drug-likeness (QED) is 0.767. The van der Waals surface area contributed by atoms with E-state index in [0.717, 1.165) is 46.7 Å². The topological polar surface area (TPSA) is 59.2 Å². The minimum absolute atomic E-state index is 0. The molecule has 1 aromatic heterocycles. The summed E-state index contributed by atoms with van der Waals surface area (Å²) in [5, 5.41) is 2.92. The molecule has 1 amide bonds. The molecule has 132 valence electrons. The summed E-state index contributed by atoms with van der Waals surface area (Å²) in [6.45, 7) is 1.53. The molecule has 1 aliphatic heterocycles. The Balaban J connectivity index is 0.00000144. The molecule has 1 aromatic carbocycles. The molecule has 0 saturated carbocycles. The van der Waals surface area contributed by atoms with E-state index in [1.165, 1.54) is 0 Å². The molecule has 2 heterocycles. The lowest BCUT2D eigenvalue weighted by atomic mass is 10.1. The smallest absolute Gasteiger partial charge is 0.228 e. The molecule has 0 unspecified atom stereocenters. The summed E-state index contributed by atoms with van der Waals surface area (Å²) in [7, 11) is 0. The minimum Gasteiger partial charge on any atom is -0.342 e. The summed E-state index contributed by atoms with van der Waals surface area (Å²) in [6, 6.07) is 8.29. The normalized spacial score (nSPS) is 14.7. The average Bonchev–Trinajstić information content (AvgIpc) is 2.96. The van der Waals surface area contributed by atoms with E-state index in [-0.39, 0.29) is 36.8 Å². The second-order valence-corrected chi connectivity index (χ2v) is 7.32. The van der Waals surface area contributed by atoms with Crippen LogP contribution in [0.3, 0.4) is 0 Å². The van der Waals surface area contributed by atoms with Crippen LogP contribution in [0.4, 0.5) is 0 Å². The number of likely N-dealkylation sites (tertiary alicyclic amines) is 1. The highest BCUT2D eigenvalue weighted by Gasteiger charge is 2.21. The summed E-state index contributed by atoms with van der Waals surface area (Å²) in [6.07, 6.45) is 2.16. The van der Waals surface area contributed by atoms with Gasteiger partial charge in [-0.1, -0.05) is 28.1 Å². The number of piperidine rings is 1. The van der Waals surface area contributed by atoms with Crippen LogP contribution in [-0.2, 0) is 11.2 Å². The molecule has 0 aliphatic carbocycles. The van der Waals surface area contributed by atoms with Gasteiger partial charge in [0.2, 0.25) is 5.91 Å². The van der Waals surface area contributed by atoms with Crippen LogP contribution in [0.5, 0.6) is 0 Å². The second-order valence-electron chi connectivity index (χ2n) is 5.55. The molecule has 8 heteroatoms. The number of nitrogens with zero attached hydrogens (tertiary/aromatic N) is 2. The van der Waals surface area contributed by atoms with Gasteiger partial charge in [0.15, 0.2) is 0 Å². The van der Waals surface area contributed by atoms with E-state index < -0.39 is 0 Å².